The van der Waals surface area contributed by atoms with Crippen molar-refractivity contribution in [2.75, 3.05) is 12.4 Å². The normalized spacial score (nSPS) is 15.2. The molecule has 0 fully saturated rings. The van der Waals surface area contributed by atoms with E-state index in [-0.39, 0.29) is 6.42 Å². The molecule has 0 heterocycles. The second kappa shape index (κ2) is 18.6. The summed E-state index contributed by atoms with van der Waals surface area (Å²) in [4.78, 5) is 13.6. The molecule has 0 saturated carbocycles. The zero-order valence-electron chi connectivity index (χ0n) is 29.3. The first-order valence-electron chi connectivity index (χ1n) is 16.2. The van der Waals surface area contributed by atoms with Crippen molar-refractivity contribution in [1.82, 2.24) is 0 Å². The number of rotatable bonds is 22. The number of esters is 1. The van der Waals surface area contributed by atoms with Gasteiger partial charge in [-0.25, -0.2) is 0 Å². The molecule has 0 N–H and O–H groups in total. The molecule has 0 aliphatic carbocycles. The van der Waals surface area contributed by atoms with Gasteiger partial charge >= 0.3 is 29.9 Å². The van der Waals surface area contributed by atoms with E-state index in [1.54, 1.807) is 41.5 Å². The number of carbonyl (C=O) groups is 1. The van der Waals surface area contributed by atoms with Gasteiger partial charge in [0.25, 0.3) is 0 Å². The molecule has 0 aromatic heterocycles. The summed E-state index contributed by atoms with van der Waals surface area (Å²) in [7, 11) is 0. The lowest BCUT2D eigenvalue weighted by Gasteiger charge is -2.48. The maximum atomic E-state index is 14.2. The van der Waals surface area contributed by atoms with E-state index in [9.17, 15) is 49.6 Å². The second-order valence-corrected chi connectivity index (χ2v) is 18.2. The molecule has 0 amide bonds. The van der Waals surface area contributed by atoms with Crippen LogP contribution in [0, 0.1) is 27.6 Å². The standard InChI is InChI=1S/C33H52F9NO2S3/c1-9-10-11-12-13-14-15-16-17-18-21-47-25(46)48-28(6,7)29(8,22-26(2,3)27(4,5)23-43)24(44)45-20-19-30(34,35)31(36,37)32(38,39)33(40,41)42/h9-22H2,1-8H3. The summed E-state index contributed by atoms with van der Waals surface area (Å²) >= 11 is 8.14. The number of nitrogens with zero attached hydrogens (tertiary/aromatic N) is 1. The number of thioether (sulfide) groups is 2. The van der Waals surface area contributed by atoms with Gasteiger partial charge in [0.15, 0.2) is 0 Å². The molecule has 0 aliphatic rings. The average molecular weight is 762 g/mol. The Kier molecular flexibility index (Phi) is 18.2. The van der Waals surface area contributed by atoms with Crippen LogP contribution in [-0.2, 0) is 9.53 Å². The van der Waals surface area contributed by atoms with Crippen molar-refractivity contribution in [3.63, 3.8) is 0 Å². The third kappa shape index (κ3) is 12.4. The second-order valence-electron chi connectivity index (χ2n) is 14.3. The molecule has 0 aromatic rings. The lowest BCUT2D eigenvalue weighted by atomic mass is 9.59. The molecule has 3 nitrogen and oxygen atoms in total. The van der Waals surface area contributed by atoms with Crippen molar-refractivity contribution in [3.05, 3.63) is 0 Å². The number of thiocarbonyl (C=S) groups is 1. The predicted octanol–water partition coefficient (Wildman–Crippen LogP) is 12.8. The molecule has 1 atom stereocenters. The summed E-state index contributed by atoms with van der Waals surface area (Å²) in [5.74, 6) is -20.2. The molecule has 0 radical (unpaired) electrons. The Morgan fingerprint density at radius 2 is 1.21 bits per heavy atom. The third-order valence-corrected chi connectivity index (χ3v) is 12.5. The fourth-order valence-electron chi connectivity index (χ4n) is 4.88. The van der Waals surface area contributed by atoms with Crippen molar-refractivity contribution in [3.8, 4) is 6.07 Å². The Morgan fingerprint density at radius 1 is 0.750 bits per heavy atom. The van der Waals surface area contributed by atoms with Crippen molar-refractivity contribution >= 4 is 45.2 Å². The molecule has 282 valence electrons. The number of carbonyl (C=O) groups excluding carboxylic acids is 1. The van der Waals surface area contributed by atoms with Crippen LogP contribution in [0.5, 0.6) is 0 Å². The molecule has 0 rings (SSSR count). The first kappa shape index (κ1) is 47.1. The number of unbranched alkanes of at least 4 members (excludes halogenated alkanes) is 9. The Bertz CT molecular complexity index is 1070. The SMILES string of the molecule is CCCCCCCCCCCCSC(=S)SC(C)(C)C(C)(CC(C)(C)C(C)(C)C#N)C(=O)OCCC(F)(F)C(F)(F)C(F)(F)C(F)(F)F. The van der Waals surface area contributed by atoms with Crippen LogP contribution in [-0.4, -0.2) is 50.5 Å². The number of alkyl halides is 9. The summed E-state index contributed by atoms with van der Waals surface area (Å²) in [5.41, 5.74) is -3.58. The fourth-order valence-corrected chi connectivity index (χ4v) is 8.18. The molecular weight excluding hydrogens is 710 g/mol. The van der Waals surface area contributed by atoms with Crippen LogP contribution in [0.3, 0.4) is 0 Å². The van der Waals surface area contributed by atoms with Gasteiger partial charge in [-0.15, -0.1) is 23.5 Å². The number of hydrogen-bond donors (Lipinski definition) is 0. The quantitative estimate of drug-likeness (QED) is 0.0474. The van der Waals surface area contributed by atoms with Crippen LogP contribution in [0.25, 0.3) is 0 Å². The Labute approximate surface area is 294 Å². The topological polar surface area (TPSA) is 50.1 Å². The fraction of sp³-hybridized carbons (Fsp3) is 0.909. The van der Waals surface area contributed by atoms with Gasteiger partial charge in [0.1, 0.15) is 3.53 Å². The summed E-state index contributed by atoms with van der Waals surface area (Å²) in [6.45, 7) is 12.0. The van der Waals surface area contributed by atoms with Crippen LogP contribution >= 0.6 is 35.7 Å². The van der Waals surface area contributed by atoms with Gasteiger partial charge < -0.3 is 4.74 Å². The highest BCUT2D eigenvalue weighted by molar-refractivity contribution is 8.47. The van der Waals surface area contributed by atoms with E-state index < -0.39 is 63.9 Å². The summed E-state index contributed by atoms with van der Waals surface area (Å²) < 4.78 is 124. The Balaban J connectivity index is 5.69. The van der Waals surface area contributed by atoms with Gasteiger partial charge in [-0.3, -0.25) is 4.79 Å². The molecular formula is C33H52F9NO2S3. The van der Waals surface area contributed by atoms with E-state index in [0.717, 1.165) is 43.2 Å². The molecule has 0 saturated heterocycles. The van der Waals surface area contributed by atoms with Crippen LogP contribution in [0.4, 0.5) is 39.5 Å². The molecule has 0 bridgehead atoms. The number of nitriles is 1. The largest absolute Gasteiger partial charge is 0.465 e. The zero-order valence-corrected chi connectivity index (χ0v) is 31.7. The van der Waals surface area contributed by atoms with Crippen LogP contribution in [0.15, 0.2) is 0 Å². The van der Waals surface area contributed by atoms with Gasteiger partial charge in [0.2, 0.25) is 0 Å². The van der Waals surface area contributed by atoms with Crippen molar-refractivity contribution in [2.24, 2.45) is 16.2 Å². The van der Waals surface area contributed by atoms with Crippen LogP contribution in [0.1, 0.15) is 132 Å². The lowest BCUT2D eigenvalue weighted by molar-refractivity contribution is -0.397. The first-order chi connectivity index (χ1) is 21.6. The van der Waals surface area contributed by atoms with Gasteiger partial charge in [0, 0.05) is 4.75 Å². The monoisotopic (exact) mass is 761 g/mol. The van der Waals surface area contributed by atoms with Crippen LogP contribution in [0.2, 0.25) is 0 Å². The maximum Gasteiger partial charge on any atom is 0.460 e. The van der Waals surface area contributed by atoms with Crippen LogP contribution < -0.4 is 0 Å². The summed E-state index contributed by atoms with van der Waals surface area (Å²) in [6, 6.07) is 2.17. The first-order valence-corrected chi connectivity index (χ1v) is 18.5. The minimum Gasteiger partial charge on any atom is -0.465 e. The highest BCUT2D eigenvalue weighted by atomic mass is 32.2. The Morgan fingerprint density at radius 3 is 1.65 bits per heavy atom. The van der Waals surface area contributed by atoms with E-state index >= 15 is 0 Å². The molecule has 0 aromatic carbocycles. The van der Waals surface area contributed by atoms with Crippen molar-refractivity contribution in [2.45, 2.75) is 161 Å². The smallest absolute Gasteiger partial charge is 0.460 e. The summed E-state index contributed by atoms with van der Waals surface area (Å²) in [6.07, 6.45) is 2.32. The van der Waals surface area contributed by atoms with E-state index in [2.05, 4.69) is 13.0 Å². The highest BCUT2D eigenvalue weighted by Crippen LogP contribution is 2.56. The minimum atomic E-state index is -7.03. The van der Waals surface area contributed by atoms with E-state index in [0.29, 0.717) is 3.53 Å². The molecule has 0 aliphatic heterocycles. The van der Waals surface area contributed by atoms with Gasteiger partial charge in [0.05, 0.1) is 29.9 Å². The van der Waals surface area contributed by atoms with E-state index in [4.69, 9.17) is 17.0 Å². The molecule has 0 spiro atoms. The number of hydrogen-bond acceptors (Lipinski definition) is 6. The number of ether oxygens (including phenoxy) is 1. The molecule has 1 unspecified atom stereocenters. The average Bonchev–Trinajstić information content (AvgIpc) is 2.94. The number of halogens is 9. The zero-order chi connectivity index (χ0) is 37.9. The molecule has 48 heavy (non-hydrogen) atoms. The third-order valence-electron chi connectivity index (χ3n) is 9.46. The van der Waals surface area contributed by atoms with Crippen molar-refractivity contribution in [1.29, 1.82) is 5.26 Å². The van der Waals surface area contributed by atoms with E-state index in [1.165, 1.54) is 57.2 Å². The van der Waals surface area contributed by atoms with Gasteiger partial charge in [-0.05, 0) is 58.6 Å². The molecule has 15 heteroatoms. The predicted molar refractivity (Wildman–Crippen MR) is 181 cm³/mol. The van der Waals surface area contributed by atoms with Gasteiger partial charge in [-0.1, -0.05) is 90.8 Å². The highest BCUT2D eigenvalue weighted by Gasteiger charge is 2.81. The maximum absolute atomic E-state index is 14.2. The van der Waals surface area contributed by atoms with E-state index in [1.807, 2.05) is 0 Å². The summed E-state index contributed by atoms with van der Waals surface area (Å²) in [5, 5.41) is 9.78. The Hall–Kier alpha value is -0.880. The minimum absolute atomic E-state index is 0.0795. The lowest BCUT2D eigenvalue weighted by Crippen LogP contribution is -2.61. The van der Waals surface area contributed by atoms with Crippen molar-refractivity contribution < 1.29 is 49.0 Å². The van der Waals surface area contributed by atoms with Gasteiger partial charge in [-0.2, -0.15) is 44.8 Å².